The number of nitriles is 1. The van der Waals surface area contributed by atoms with Crippen LogP contribution in [0.25, 0.3) is 0 Å². The Labute approximate surface area is 108 Å². The number of aliphatic hydroxyl groups excluding tert-OH is 1. The van der Waals surface area contributed by atoms with Gasteiger partial charge in [0.25, 0.3) is 0 Å². The van der Waals surface area contributed by atoms with Crippen molar-refractivity contribution in [3.05, 3.63) is 22.9 Å². The van der Waals surface area contributed by atoms with Crippen molar-refractivity contribution in [1.29, 1.82) is 5.26 Å². The number of hydrogen-bond acceptors (Lipinski definition) is 4. The number of fused-ring (bicyclic) bond motifs is 1. The van der Waals surface area contributed by atoms with Crippen molar-refractivity contribution < 1.29 is 5.11 Å². The average Bonchev–Trinajstić information content (AvgIpc) is 2.81. The van der Waals surface area contributed by atoms with E-state index in [1.807, 2.05) is 19.9 Å². The number of pyridine rings is 1. The summed E-state index contributed by atoms with van der Waals surface area (Å²) >= 11 is 0. The van der Waals surface area contributed by atoms with Crippen molar-refractivity contribution >= 4 is 5.82 Å². The van der Waals surface area contributed by atoms with Crippen LogP contribution in [0, 0.1) is 17.2 Å². The number of aliphatic hydroxyl groups is 1. The summed E-state index contributed by atoms with van der Waals surface area (Å²) in [6.45, 7) is 4.11. The van der Waals surface area contributed by atoms with Crippen molar-refractivity contribution in [2.75, 3.05) is 11.9 Å². The Hall–Kier alpha value is -1.60. The first-order chi connectivity index (χ1) is 8.65. The first-order valence-electron chi connectivity index (χ1n) is 6.46. The van der Waals surface area contributed by atoms with Gasteiger partial charge in [0.2, 0.25) is 0 Å². The van der Waals surface area contributed by atoms with E-state index in [0.717, 1.165) is 25.0 Å². The van der Waals surface area contributed by atoms with E-state index in [-0.39, 0.29) is 18.6 Å². The molecular formula is C14H19N3O. The second kappa shape index (κ2) is 5.36. The highest BCUT2D eigenvalue weighted by molar-refractivity contribution is 5.55. The molecule has 1 aliphatic carbocycles. The van der Waals surface area contributed by atoms with Crippen molar-refractivity contribution in [2.45, 2.75) is 39.2 Å². The maximum absolute atomic E-state index is 9.34. The zero-order chi connectivity index (χ0) is 13.1. The minimum atomic E-state index is -0.0657. The van der Waals surface area contributed by atoms with Gasteiger partial charge in [-0.25, -0.2) is 4.98 Å². The summed E-state index contributed by atoms with van der Waals surface area (Å²) in [7, 11) is 0. The molecule has 0 aromatic carbocycles. The predicted molar refractivity (Wildman–Crippen MR) is 70.3 cm³/mol. The minimum absolute atomic E-state index is 0.0430. The average molecular weight is 245 g/mol. The molecule has 0 radical (unpaired) electrons. The third kappa shape index (κ3) is 2.46. The van der Waals surface area contributed by atoms with Gasteiger partial charge in [-0.3, -0.25) is 0 Å². The third-order valence-electron chi connectivity index (χ3n) is 3.49. The van der Waals surface area contributed by atoms with E-state index in [4.69, 9.17) is 0 Å². The van der Waals surface area contributed by atoms with E-state index in [2.05, 4.69) is 16.4 Å². The minimum Gasteiger partial charge on any atom is -0.394 e. The van der Waals surface area contributed by atoms with Gasteiger partial charge in [-0.15, -0.1) is 0 Å². The fourth-order valence-corrected chi connectivity index (χ4v) is 2.27. The smallest absolute Gasteiger partial charge is 0.144 e. The van der Waals surface area contributed by atoms with Gasteiger partial charge < -0.3 is 10.4 Å². The van der Waals surface area contributed by atoms with Gasteiger partial charge in [-0.1, -0.05) is 13.8 Å². The number of nitrogens with one attached hydrogen (secondary N) is 1. The molecule has 1 unspecified atom stereocenters. The van der Waals surface area contributed by atoms with Crippen molar-refractivity contribution in [3.63, 3.8) is 0 Å². The van der Waals surface area contributed by atoms with Crippen LogP contribution in [0.4, 0.5) is 5.82 Å². The first kappa shape index (κ1) is 12.8. The molecule has 96 valence electrons. The molecule has 0 spiro atoms. The molecule has 0 saturated heterocycles. The highest BCUT2D eigenvalue weighted by Crippen LogP contribution is 2.25. The predicted octanol–water partition coefficient (Wildman–Crippen LogP) is 1.87. The lowest BCUT2D eigenvalue weighted by Crippen LogP contribution is -2.30. The van der Waals surface area contributed by atoms with Crippen molar-refractivity contribution in [3.8, 4) is 6.07 Å². The zero-order valence-corrected chi connectivity index (χ0v) is 10.9. The van der Waals surface area contributed by atoms with Crippen LogP contribution in [-0.4, -0.2) is 22.7 Å². The van der Waals surface area contributed by atoms with Crippen LogP contribution in [0.5, 0.6) is 0 Å². The molecule has 1 aromatic rings. The molecule has 0 bridgehead atoms. The Morgan fingerprint density at radius 2 is 2.28 bits per heavy atom. The van der Waals surface area contributed by atoms with Gasteiger partial charge >= 0.3 is 0 Å². The molecule has 4 heteroatoms. The lowest BCUT2D eigenvalue weighted by atomic mass is 10.0. The van der Waals surface area contributed by atoms with Crippen LogP contribution in [0.2, 0.25) is 0 Å². The van der Waals surface area contributed by atoms with Gasteiger partial charge in [-0.2, -0.15) is 5.26 Å². The summed E-state index contributed by atoms with van der Waals surface area (Å²) in [5.74, 6) is 0.905. The van der Waals surface area contributed by atoms with E-state index < -0.39 is 0 Å². The largest absolute Gasteiger partial charge is 0.394 e. The Morgan fingerprint density at radius 1 is 1.50 bits per heavy atom. The number of aryl methyl sites for hydroxylation is 2. The molecule has 2 rings (SSSR count). The SMILES string of the molecule is CC(C)C(CO)Nc1nc2c(cc1C#N)CCC2. The van der Waals surface area contributed by atoms with E-state index in [1.165, 1.54) is 5.56 Å². The summed E-state index contributed by atoms with van der Waals surface area (Å²) < 4.78 is 0. The number of rotatable bonds is 4. The first-order valence-corrected chi connectivity index (χ1v) is 6.46. The second-order valence-electron chi connectivity index (χ2n) is 5.13. The third-order valence-corrected chi connectivity index (χ3v) is 3.49. The molecule has 0 amide bonds. The van der Waals surface area contributed by atoms with E-state index in [9.17, 15) is 10.4 Å². The van der Waals surface area contributed by atoms with Gasteiger partial charge in [0.1, 0.15) is 11.9 Å². The summed E-state index contributed by atoms with van der Waals surface area (Å²) in [4.78, 5) is 4.55. The highest BCUT2D eigenvalue weighted by atomic mass is 16.3. The summed E-state index contributed by atoms with van der Waals surface area (Å²) in [6.07, 6.45) is 3.12. The van der Waals surface area contributed by atoms with Crippen LogP contribution in [0.1, 0.15) is 37.1 Å². The number of nitrogens with zero attached hydrogens (tertiary/aromatic N) is 2. The monoisotopic (exact) mass is 245 g/mol. The van der Waals surface area contributed by atoms with Crippen LogP contribution in [0.15, 0.2) is 6.07 Å². The molecular weight excluding hydrogens is 226 g/mol. The zero-order valence-electron chi connectivity index (χ0n) is 10.9. The highest BCUT2D eigenvalue weighted by Gasteiger charge is 2.19. The lowest BCUT2D eigenvalue weighted by molar-refractivity contribution is 0.249. The van der Waals surface area contributed by atoms with Crippen LogP contribution in [-0.2, 0) is 12.8 Å². The maximum Gasteiger partial charge on any atom is 0.144 e. The van der Waals surface area contributed by atoms with Crippen LogP contribution >= 0.6 is 0 Å². The quantitative estimate of drug-likeness (QED) is 0.849. The number of anilines is 1. The number of aromatic nitrogens is 1. The molecule has 1 aromatic heterocycles. The fraction of sp³-hybridized carbons (Fsp3) is 0.571. The van der Waals surface area contributed by atoms with Gasteiger partial charge in [0, 0.05) is 5.69 Å². The number of hydrogen-bond donors (Lipinski definition) is 2. The van der Waals surface area contributed by atoms with Gasteiger partial charge in [0.05, 0.1) is 18.2 Å². The van der Waals surface area contributed by atoms with Crippen molar-refractivity contribution in [2.24, 2.45) is 5.92 Å². The topological polar surface area (TPSA) is 68.9 Å². The van der Waals surface area contributed by atoms with Crippen molar-refractivity contribution in [1.82, 2.24) is 4.98 Å². The van der Waals surface area contributed by atoms with Gasteiger partial charge in [0.15, 0.2) is 0 Å². The Kier molecular flexibility index (Phi) is 3.83. The molecule has 18 heavy (non-hydrogen) atoms. The van der Waals surface area contributed by atoms with E-state index in [0.29, 0.717) is 11.4 Å². The summed E-state index contributed by atoms with van der Waals surface area (Å²) in [5.41, 5.74) is 2.87. The Bertz CT molecular complexity index is 477. The Balaban J connectivity index is 2.30. The maximum atomic E-state index is 9.34. The van der Waals surface area contributed by atoms with Crippen LogP contribution in [0.3, 0.4) is 0 Å². The molecule has 1 aliphatic rings. The molecule has 0 fully saturated rings. The molecule has 4 nitrogen and oxygen atoms in total. The lowest BCUT2D eigenvalue weighted by Gasteiger charge is -2.21. The standard InChI is InChI=1S/C14H19N3O/c1-9(2)13(8-18)17-14-11(7-15)6-10-4-3-5-12(10)16-14/h6,9,13,18H,3-5,8H2,1-2H3,(H,16,17). The molecule has 1 heterocycles. The molecule has 1 atom stereocenters. The van der Waals surface area contributed by atoms with E-state index in [1.54, 1.807) is 0 Å². The van der Waals surface area contributed by atoms with Crippen LogP contribution < -0.4 is 5.32 Å². The summed E-state index contributed by atoms with van der Waals surface area (Å²) in [6, 6.07) is 4.06. The molecule has 0 aliphatic heterocycles. The fourth-order valence-electron chi connectivity index (χ4n) is 2.27. The Morgan fingerprint density at radius 3 is 2.89 bits per heavy atom. The molecule has 0 saturated carbocycles. The normalized spacial score (nSPS) is 15.3. The van der Waals surface area contributed by atoms with Gasteiger partial charge in [-0.05, 0) is 36.8 Å². The second-order valence-corrected chi connectivity index (χ2v) is 5.13. The van der Waals surface area contributed by atoms with E-state index >= 15 is 0 Å². The molecule has 2 N–H and O–H groups in total. The summed E-state index contributed by atoms with van der Waals surface area (Å²) in [5, 5.41) is 21.7.